The summed E-state index contributed by atoms with van der Waals surface area (Å²) in [4.78, 5) is 15.6. The summed E-state index contributed by atoms with van der Waals surface area (Å²) in [5.41, 5.74) is 5.56. The number of hydrogen-bond acceptors (Lipinski definition) is 6. The molecule has 0 bridgehead atoms. The molecule has 21 heavy (non-hydrogen) atoms. The van der Waals surface area contributed by atoms with Gasteiger partial charge >= 0.3 is 0 Å². The molecule has 6 heteroatoms. The number of pyridine rings is 1. The van der Waals surface area contributed by atoms with Crippen LogP contribution in [-0.2, 0) is 13.1 Å². The van der Waals surface area contributed by atoms with Crippen molar-refractivity contribution in [3.8, 4) is 0 Å². The number of nitrogens with zero attached hydrogens (tertiary/aromatic N) is 4. The van der Waals surface area contributed by atoms with Gasteiger partial charge in [0.1, 0.15) is 11.6 Å². The lowest BCUT2D eigenvalue weighted by Crippen LogP contribution is -2.24. The lowest BCUT2D eigenvalue weighted by Gasteiger charge is -2.19. The first-order valence-corrected chi connectivity index (χ1v) is 7.06. The second-order valence-corrected chi connectivity index (χ2v) is 5.03. The van der Waals surface area contributed by atoms with Crippen molar-refractivity contribution in [1.82, 2.24) is 19.9 Å². The van der Waals surface area contributed by atoms with Gasteiger partial charge in [-0.2, -0.15) is 0 Å². The molecule has 0 aliphatic heterocycles. The fourth-order valence-electron chi connectivity index (χ4n) is 2.17. The van der Waals surface area contributed by atoms with Crippen LogP contribution in [0, 0.1) is 13.8 Å². The number of aromatic nitrogens is 3. The quantitative estimate of drug-likeness (QED) is 0.622. The van der Waals surface area contributed by atoms with Gasteiger partial charge in [0.2, 0.25) is 0 Å². The molecule has 0 unspecified atom stereocenters. The van der Waals surface area contributed by atoms with Crippen LogP contribution in [-0.4, -0.2) is 26.4 Å². The molecule has 0 spiro atoms. The maximum Gasteiger partial charge on any atom is 0.145 e. The molecule has 2 aromatic rings. The van der Waals surface area contributed by atoms with Crippen LogP contribution in [0.15, 0.2) is 24.3 Å². The maximum absolute atomic E-state index is 5.43. The van der Waals surface area contributed by atoms with Crippen molar-refractivity contribution < 1.29 is 0 Å². The highest BCUT2D eigenvalue weighted by Crippen LogP contribution is 2.09. The van der Waals surface area contributed by atoms with Crippen molar-refractivity contribution in [1.29, 1.82) is 0 Å². The number of anilines is 1. The van der Waals surface area contributed by atoms with Crippen LogP contribution < -0.4 is 11.3 Å². The Balaban J connectivity index is 2.10. The molecule has 2 rings (SSSR count). The molecule has 0 fully saturated rings. The van der Waals surface area contributed by atoms with E-state index in [1.54, 1.807) is 0 Å². The fourth-order valence-corrected chi connectivity index (χ4v) is 2.17. The van der Waals surface area contributed by atoms with E-state index < -0.39 is 0 Å². The van der Waals surface area contributed by atoms with Crippen molar-refractivity contribution in [3.05, 3.63) is 47.2 Å². The van der Waals surface area contributed by atoms with Crippen LogP contribution in [0.2, 0.25) is 0 Å². The number of aryl methyl sites for hydroxylation is 2. The second kappa shape index (κ2) is 7.10. The van der Waals surface area contributed by atoms with Crippen molar-refractivity contribution >= 4 is 5.82 Å². The van der Waals surface area contributed by atoms with Gasteiger partial charge in [0, 0.05) is 24.0 Å². The van der Waals surface area contributed by atoms with Crippen molar-refractivity contribution in [2.45, 2.75) is 33.9 Å². The van der Waals surface area contributed by atoms with Crippen LogP contribution in [0.4, 0.5) is 5.82 Å². The molecule has 2 heterocycles. The number of hydrazine groups is 1. The first kappa shape index (κ1) is 15.3. The van der Waals surface area contributed by atoms with E-state index in [9.17, 15) is 0 Å². The molecule has 0 aromatic carbocycles. The average Bonchev–Trinajstić information content (AvgIpc) is 2.46. The van der Waals surface area contributed by atoms with Gasteiger partial charge < -0.3 is 5.43 Å². The minimum Gasteiger partial charge on any atom is -0.308 e. The van der Waals surface area contributed by atoms with Crippen LogP contribution in [0.25, 0.3) is 0 Å². The molecular formula is C15H22N6. The summed E-state index contributed by atoms with van der Waals surface area (Å²) in [7, 11) is 0. The predicted molar refractivity (Wildman–Crippen MR) is 83.3 cm³/mol. The van der Waals surface area contributed by atoms with E-state index in [-0.39, 0.29) is 0 Å². The summed E-state index contributed by atoms with van der Waals surface area (Å²) >= 11 is 0. The van der Waals surface area contributed by atoms with Gasteiger partial charge in [-0.25, -0.2) is 15.8 Å². The minimum absolute atomic E-state index is 0.641. The number of rotatable bonds is 6. The zero-order valence-electron chi connectivity index (χ0n) is 12.8. The summed E-state index contributed by atoms with van der Waals surface area (Å²) in [5, 5.41) is 0. The monoisotopic (exact) mass is 286 g/mol. The van der Waals surface area contributed by atoms with Gasteiger partial charge in [-0.15, -0.1) is 0 Å². The van der Waals surface area contributed by atoms with E-state index in [0.29, 0.717) is 12.4 Å². The molecule has 0 aliphatic rings. The van der Waals surface area contributed by atoms with E-state index in [1.165, 1.54) is 0 Å². The topological polar surface area (TPSA) is 80.0 Å². The summed E-state index contributed by atoms with van der Waals surface area (Å²) in [6.07, 6.45) is 0. The summed E-state index contributed by atoms with van der Waals surface area (Å²) in [6, 6.07) is 7.90. The predicted octanol–water partition coefficient (Wildman–Crippen LogP) is 1.80. The second-order valence-electron chi connectivity index (χ2n) is 5.03. The number of nitrogens with one attached hydrogen (secondary N) is 1. The van der Waals surface area contributed by atoms with Crippen LogP contribution in [0.1, 0.15) is 29.8 Å². The molecule has 0 aliphatic carbocycles. The lowest BCUT2D eigenvalue weighted by atomic mass is 10.3. The Morgan fingerprint density at radius 1 is 1.10 bits per heavy atom. The third-order valence-corrected chi connectivity index (χ3v) is 3.19. The van der Waals surface area contributed by atoms with Crippen LogP contribution in [0.3, 0.4) is 0 Å². The Morgan fingerprint density at radius 3 is 2.57 bits per heavy atom. The van der Waals surface area contributed by atoms with Gasteiger partial charge in [0.15, 0.2) is 0 Å². The molecule has 6 nitrogen and oxygen atoms in total. The zero-order valence-corrected chi connectivity index (χ0v) is 12.8. The van der Waals surface area contributed by atoms with Gasteiger partial charge in [0.05, 0.1) is 12.2 Å². The minimum atomic E-state index is 0.641. The highest BCUT2D eigenvalue weighted by molar-refractivity contribution is 5.33. The van der Waals surface area contributed by atoms with Gasteiger partial charge in [0.25, 0.3) is 0 Å². The van der Waals surface area contributed by atoms with E-state index in [4.69, 9.17) is 5.84 Å². The van der Waals surface area contributed by atoms with Gasteiger partial charge in [-0.1, -0.05) is 13.0 Å². The van der Waals surface area contributed by atoms with E-state index in [1.807, 2.05) is 38.1 Å². The summed E-state index contributed by atoms with van der Waals surface area (Å²) in [6.45, 7) is 8.41. The molecule has 0 saturated carbocycles. The lowest BCUT2D eigenvalue weighted by molar-refractivity contribution is 0.261. The molecule has 112 valence electrons. The Kier molecular flexibility index (Phi) is 5.19. The van der Waals surface area contributed by atoms with E-state index in [2.05, 4.69) is 32.2 Å². The first-order valence-electron chi connectivity index (χ1n) is 7.06. The molecule has 0 radical (unpaired) electrons. The van der Waals surface area contributed by atoms with Crippen LogP contribution in [0.5, 0.6) is 0 Å². The van der Waals surface area contributed by atoms with Crippen molar-refractivity contribution in [3.63, 3.8) is 0 Å². The standard InChI is InChI=1S/C15H22N6/c1-4-21(9-13-7-5-6-11(2)17-13)10-15-18-12(3)8-14(19-15)20-16/h5-8H,4,9-10,16H2,1-3H3,(H,18,19,20). The van der Waals surface area contributed by atoms with Crippen molar-refractivity contribution in [2.24, 2.45) is 5.84 Å². The zero-order chi connectivity index (χ0) is 15.2. The highest BCUT2D eigenvalue weighted by Gasteiger charge is 2.09. The summed E-state index contributed by atoms with van der Waals surface area (Å²) in [5.74, 6) is 6.83. The SMILES string of the molecule is CCN(Cc1cccc(C)n1)Cc1nc(C)cc(NN)n1. The highest BCUT2D eigenvalue weighted by atomic mass is 15.3. The normalized spacial score (nSPS) is 10.9. The van der Waals surface area contributed by atoms with Gasteiger partial charge in [-0.05, 0) is 32.5 Å². The summed E-state index contributed by atoms with van der Waals surface area (Å²) < 4.78 is 0. The molecule has 3 N–H and O–H groups in total. The third kappa shape index (κ3) is 4.47. The Labute approximate surface area is 125 Å². The number of nitrogens with two attached hydrogens (primary N) is 1. The Hall–Kier alpha value is -2.05. The molecule has 2 aromatic heterocycles. The van der Waals surface area contributed by atoms with E-state index in [0.717, 1.165) is 36.0 Å². The Morgan fingerprint density at radius 2 is 1.90 bits per heavy atom. The average molecular weight is 286 g/mol. The molecule has 0 amide bonds. The molecule has 0 saturated heterocycles. The largest absolute Gasteiger partial charge is 0.308 e. The van der Waals surface area contributed by atoms with E-state index >= 15 is 0 Å². The third-order valence-electron chi connectivity index (χ3n) is 3.19. The number of hydrogen-bond donors (Lipinski definition) is 2. The fraction of sp³-hybridized carbons (Fsp3) is 0.400. The Bertz CT molecular complexity index is 598. The smallest absolute Gasteiger partial charge is 0.145 e. The first-order chi connectivity index (χ1) is 10.1. The maximum atomic E-state index is 5.43. The number of nitrogen functional groups attached to an aromatic ring is 1. The van der Waals surface area contributed by atoms with Crippen molar-refractivity contribution in [2.75, 3.05) is 12.0 Å². The van der Waals surface area contributed by atoms with Crippen LogP contribution >= 0.6 is 0 Å². The molecular weight excluding hydrogens is 264 g/mol. The molecule has 0 atom stereocenters. The van der Waals surface area contributed by atoms with Gasteiger partial charge in [-0.3, -0.25) is 9.88 Å².